The first kappa shape index (κ1) is 18.9. The third-order valence-electron chi connectivity index (χ3n) is 6.53. The summed E-state index contributed by atoms with van der Waals surface area (Å²) in [5, 5.41) is 2.81. The number of fused-ring (bicyclic) bond motifs is 1. The first-order chi connectivity index (χ1) is 23.0. The van der Waals surface area contributed by atoms with Gasteiger partial charge in [-0.05, 0) is 85.6 Å². The maximum atomic E-state index is 13.1. The van der Waals surface area contributed by atoms with Crippen LogP contribution in [0, 0.1) is 6.92 Å². The van der Waals surface area contributed by atoms with Gasteiger partial charge in [0.1, 0.15) is 11.9 Å². The Labute approximate surface area is 252 Å². The minimum absolute atomic E-state index is 0.0268. The summed E-state index contributed by atoms with van der Waals surface area (Å²) < 4.78 is 113. The van der Waals surface area contributed by atoms with Crippen LogP contribution in [-0.2, 0) is 28.2 Å². The Balaban J connectivity index is 1.46. The van der Waals surface area contributed by atoms with E-state index in [0.29, 0.717) is 16.5 Å². The van der Waals surface area contributed by atoms with Crippen molar-refractivity contribution in [1.29, 1.82) is 0 Å². The van der Waals surface area contributed by atoms with E-state index in [1.807, 2.05) is 4.72 Å². The fourth-order valence-electron chi connectivity index (χ4n) is 4.49. The Morgan fingerprint density at radius 1 is 1.10 bits per heavy atom. The minimum atomic E-state index is -4.32. The van der Waals surface area contributed by atoms with Crippen molar-refractivity contribution in [3.05, 3.63) is 89.1 Å². The van der Waals surface area contributed by atoms with Crippen molar-refractivity contribution in [3.8, 4) is 5.75 Å². The predicted octanol–water partition coefficient (Wildman–Crippen LogP) is 5.70. The number of rotatable bonds is 8. The average molecular weight is 585 g/mol. The Kier molecular flexibility index (Phi) is 5.38. The van der Waals surface area contributed by atoms with Gasteiger partial charge >= 0.3 is 6.09 Å². The number of amides is 2. The van der Waals surface area contributed by atoms with Crippen molar-refractivity contribution in [2.45, 2.75) is 49.9 Å². The van der Waals surface area contributed by atoms with Crippen LogP contribution in [0.2, 0.25) is 0 Å². The Morgan fingerprint density at radius 2 is 1.88 bits per heavy atom. The van der Waals surface area contributed by atoms with E-state index in [1.54, 1.807) is 36.7 Å². The van der Waals surface area contributed by atoms with Crippen LogP contribution in [0.4, 0.5) is 10.5 Å². The van der Waals surface area contributed by atoms with Gasteiger partial charge in [0.05, 0.1) is 16.0 Å². The number of benzene rings is 3. The predicted molar refractivity (Wildman–Crippen MR) is 157 cm³/mol. The van der Waals surface area contributed by atoms with Crippen LogP contribution >= 0.6 is 0 Å². The number of aromatic nitrogens is 1. The first-order valence-electron chi connectivity index (χ1n) is 17.0. The average Bonchev–Trinajstić information content (AvgIpc) is 3.41. The lowest BCUT2D eigenvalue weighted by molar-refractivity contribution is 0.0980. The lowest BCUT2D eigenvalue weighted by Gasteiger charge is -2.13. The summed E-state index contributed by atoms with van der Waals surface area (Å²) >= 11 is 0. The number of anilines is 1. The molecule has 4 aromatic rings. The molecule has 0 radical (unpaired) electrons. The number of ether oxygens (including phenoxy) is 2. The van der Waals surface area contributed by atoms with Crippen LogP contribution in [0.5, 0.6) is 5.75 Å². The molecule has 1 aliphatic carbocycles. The van der Waals surface area contributed by atoms with Gasteiger partial charge < -0.3 is 14.0 Å². The normalized spacial score (nSPS) is 20.1. The summed E-state index contributed by atoms with van der Waals surface area (Å²) in [7, 11) is -5.76. The molecule has 0 unspecified atom stereocenters. The topological polar surface area (TPSA) is 116 Å². The fourth-order valence-corrected chi connectivity index (χ4v) is 5.71. The van der Waals surface area contributed by atoms with Crippen molar-refractivity contribution in [3.63, 3.8) is 0 Å². The second-order valence-electron chi connectivity index (χ2n) is 9.44. The van der Waals surface area contributed by atoms with Crippen LogP contribution in [-0.4, -0.2) is 38.1 Å². The smallest absolute Gasteiger partial charge is 0.411 e. The molecule has 0 aliphatic heterocycles. The quantitative estimate of drug-likeness (QED) is 0.275. The third kappa shape index (κ3) is 6.22. The van der Waals surface area contributed by atoms with E-state index in [-0.39, 0.29) is 40.1 Å². The van der Waals surface area contributed by atoms with Gasteiger partial charge in [-0.2, -0.15) is 0 Å². The lowest BCUT2D eigenvalue weighted by atomic mass is 10.0. The van der Waals surface area contributed by atoms with Gasteiger partial charge in [0, 0.05) is 50.0 Å². The molecule has 1 heterocycles. The molecule has 9 nitrogen and oxygen atoms in total. The number of hydrogen-bond acceptors (Lipinski definition) is 6. The van der Waals surface area contributed by atoms with Crippen molar-refractivity contribution in [1.82, 2.24) is 9.29 Å². The molecule has 1 aromatic heterocycles. The van der Waals surface area contributed by atoms with Gasteiger partial charge in [-0.15, -0.1) is 0 Å². The van der Waals surface area contributed by atoms with Gasteiger partial charge in [0.25, 0.3) is 15.9 Å². The highest BCUT2D eigenvalue weighted by Gasteiger charge is 2.22. The number of aryl methyl sites for hydroxylation is 2. The largest absolute Gasteiger partial charge is 0.496 e. The number of hydrogen-bond donors (Lipinski definition) is 2. The third-order valence-corrected chi connectivity index (χ3v) is 8.02. The Hall–Kier alpha value is -4.31. The summed E-state index contributed by atoms with van der Waals surface area (Å²) in [6.45, 7) is 1.55. The maximum absolute atomic E-state index is 13.1. The van der Waals surface area contributed by atoms with Crippen LogP contribution in [0.3, 0.4) is 0 Å². The molecule has 1 fully saturated rings. The van der Waals surface area contributed by atoms with Crippen LogP contribution in [0.25, 0.3) is 10.9 Å². The van der Waals surface area contributed by atoms with E-state index >= 15 is 0 Å². The van der Waals surface area contributed by atoms with E-state index in [2.05, 4.69) is 5.32 Å². The van der Waals surface area contributed by atoms with Gasteiger partial charge in [-0.1, -0.05) is 24.3 Å². The van der Waals surface area contributed by atoms with Crippen LogP contribution in [0.15, 0.2) is 71.8 Å². The number of nitrogens with one attached hydrogen (secondary N) is 2. The molecule has 0 bridgehead atoms. The Bertz CT molecular complexity index is 2080. The summed E-state index contributed by atoms with van der Waals surface area (Å²) in [6, 6.07) is 13.8. The molecule has 2 amide bonds. The molecule has 5 rings (SSSR count). The van der Waals surface area contributed by atoms with Crippen LogP contribution in [0.1, 0.15) is 65.0 Å². The van der Waals surface area contributed by atoms with Crippen molar-refractivity contribution < 1.29 is 39.8 Å². The number of methoxy groups -OCH3 is 1. The molecular weight excluding hydrogens is 542 g/mol. The monoisotopic (exact) mass is 584 g/mol. The molecule has 214 valence electrons. The molecular formula is C31H33N3O6S. The van der Waals surface area contributed by atoms with Gasteiger partial charge in [0.2, 0.25) is 0 Å². The summed E-state index contributed by atoms with van der Waals surface area (Å²) in [6.07, 6.45) is -7.98. The molecule has 1 saturated carbocycles. The van der Waals surface area contributed by atoms with Gasteiger partial charge in [0.15, 0.2) is 0 Å². The molecule has 41 heavy (non-hydrogen) atoms. The standard InChI is InChI=1S/C31H33N3O6S/c1-20-8-4-7-11-29(20)41(37,38)33-30(35)22-13-12-21(28(17-22)39-3)16-23-19-34(2)27-15-14-24(18-26(23)27)32-31(36)40-25-9-5-6-10-25/h4,7-8,11-15,17-19,25H,5-6,9-10,16H2,1-3H3,(H,32,36)(H,33,35)/i3D3,5D2,6D2,16D2. The zero-order valence-electron chi connectivity index (χ0n) is 31.1. The number of nitrogens with zero attached hydrogens (tertiary/aromatic N) is 1. The molecule has 0 saturated heterocycles. The first-order valence-corrected chi connectivity index (χ1v) is 14.0. The minimum Gasteiger partial charge on any atom is -0.496 e. The van der Waals surface area contributed by atoms with E-state index < -0.39 is 60.0 Å². The highest BCUT2D eigenvalue weighted by atomic mass is 32.2. The van der Waals surface area contributed by atoms with Gasteiger partial charge in [-0.3, -0.25) is 10.1 Å². The second-order valence-corrected chi connectivity index (χ2v) is 11.1. The Morgan fingerprint density at radius 3 is 2.63 bits per heavy atom. The van der Waals surface area contributed by atoms with Gasteiger partial charge in [-0.25, -0.2) is 17.9 Å². The molecule has 10 heteroatoms. The molecule has 3 aromatic carbocycles. The lowest BCUT2D eigenvalue weighted by Crippen LogP contribution is -2.31. The van der Waals surface area contributed by atoms with E-state index in [0.717, 1.165) is 18.2 Å². The molecule has 0 spiro atoms. The highest BCUT2D eigenvalue weighted by molar-refractivity contribution is 7.90. The zero-order chi connectivity index (χ0) is 37.0. The van der Waals surface area contributed by atoms with Crippen molar-refractivity contribution in [2.24, 2.45) is 7.05 Å². The molecule has 0 atom stereocenters. The highest BCUT2D eigenvalue weighted by Crippen LogP contribution is 2.30. The molecule has 2 N–H and O–H groups in total. The number of sulfonamides is 1. The van der Waals surface area contributed by atoms with Crippen molar-refractivity contribution >= 4 is 38.6 Å². The van der Waals surface area contributed by atoms with E-state index in [1.165, 1.54) is 30.5 Å². The SMILES string of the molecule is [2H]C([2H])([2H])Oc1cc(C(=O)NS(=O)(=O)c2ccccc2C)ccc1C([2H])([2H])c1cn(C)c2ccc(NC(=O)OC3CC([2H])([2H])C([2H])([2H])C3)cc12. The summed E-state index contributed by atoms with van der Waals surface area (Å²) in [5.41, 5.74) is 0.509. The van der Waals surface area contributed by atoms with E-state index in [9.17, 15) is 18.0 Å². The van der Waals surface area contributed by atoms with E-state index in [4.69, 9.17) is 21.8 Å². The second kappa shape index (κ2) is 11.7. The zero-order valence-corrected chi connectivity index (χ0v) is 23.0. The fraction of sp³-hybridized carbons (Fsp3) is 0.290. The number of carbonyl (C=O) groups excluding carboxylic acids is 2. The number of carbonyl (C=O) groups is 2. The van der Waals surface area contributed by atoms with Crippen LogP contribution < -0.4 is 14.8 Å². The maximum Gasteiger partial charge on any atom is 0.411 e. The molecule has 1 aliphatic rings. The summed E-state index contributed by atoms with van der Waals surface area (Å²) in [4.78, 5) is 25.7. The van der Waals surface area contributed by atoms with Crippen molar-refractivity contribution in [2.75, 3.05) is 12.4 Å². The summed E-state index contributed by atoms with van der Waals surface area (Å²) in [5.74, 6) is -1.64.